The van der Waals surface area contributed by atoms with Gasteiger partial charge in [0.05, 0.1) is 39.3 Å². The van der Waals surface area contributed by atoms with Crippen LogP contribution < -0.4 is 29.6 Å². The van der Waals surface area contributed by atoms with Crippen molar-refractivity contribution in [1.29, 1.82) is 0 Å². The molecule has 0 saturated heterocycles. The van der Waals surface area contributed by atoms with Crippen molar-refractivity contribution in [2.45, 2.75) is 75.5 Å². The van der Waals surface area contributed by atoms with Gasteiger partial charge in [-0.2, -0.15) is 9.97 Å². The molecule has 310 valence electrons. The highest BCUT2D eigenvalue weighted by Gasteiger charge is 2.40. The number of carbonyl (C=O) groups is 2. The van der Waals surface area contributed by atoms with Gasteiger partial charge in [-0.15, -0.1) is 0 Å². The Labute approximate surface area is 342 Å². The number of benzene rings is 2. The van der Waals surface area contributed by atoms with Crippen LogP contribution in [0, 0.1) is 0 Å². The number of alkyl halides is 2. The maximum Gasteiger partial charge on any atom is 0.306 e. The molecule has 6 atom stereocenters. The highest BCUT2D eigenvalue weighted by molar-refractivity contribution is 6.32. The van der Waals surface area contributed by atoms with Crippen LogP contribution in [0.4, 0.5) is 8.78 Å². The number of hydrogen-bond donors (Lipinski definition) is 6. The molecule has 2 aromatic carbocycles. The molecule has 6 rings (SSSR count). The van der Waals surface area contributed by atoms with Gasteiger partial charge in [0, 0.05) is 50.1 Å². The van der Waals surface area contributed by atoms with Crippen molar-refractivity contribution in [3.05, 3.63) is 92.0 Å². The Morgan fingerprint density at radius 1 is 0.724 bits per heavy atom. The molecule has 2 heterocycles. The van der Waals surface area contributed by atoms with Crippen LogP contribution >= 0.6 is 23.2 Å². The molecule has 18 heteroatoms. The predicted octanol–water partition coefficient (Wildman–Crippen LogP) is 5.35. The average molecular weight is 848 g/mol. The molecule has 0 aliphatic heterocycles. The SMILES string of the molecule is COc1nc(O[C@@H]2c3cccc(-c4cccc5c4C[C@H](F)[C@@H]5Oc4nc(OC)c(CNC[C@@H](O)CC(=O)O)cc4Cl)c3C[C@@H]2F)c(Cl)cc1CNC[C@@H](O)CC(=O)O. The van der Waals surface area contributed by atoms with Crippen molar-refractivity contribution in [1.82, 2.24) is 20.6 Å². The fourth-order valence-electron chi connectivity index (χ4n) is 7.27. The maximum atomic E-state index is 16.0. The number of hydrogen-bond acceptors (Lipinski definition) is 12. The topological polar surface area (TPSA) is 202 Å². The lowest BCUT2D eigenvalue weighted by atomic mass is 9.91. The van der Waals surface area contributed by atoms with Gasteiger partial charge in [-0.1, -0.05) is 59.6 Å². The Hall–Kier alpha value is -4.84. The first-order valence-electron chi connectivity index (χ1n) is 18.3. The standard InChI is InChI=1S/C40H42Cl2F2N4O10/c1-55-37-19(15-45-17-21(49)11-33(51)52)9-29(41)39(47-37)57-35-25-7-3-5-23(27(25)13-31(35)43)24-6-4-8-26-28(24)14-32(44)36(26)58-40-30(42)10-20(38(48-40)56-2)16-46-18-22(50)12-34(53)54/h3-10,21-22,31-32,35-36,45-46,49-50H,11-18H2,1-2H3,(H,51,52)(H,53,54)/t21-,22-,31-,32-,35+,36+/m0/s1. The van der Waals surface area contributed by atoms with Crippen LogP contribution in [-0.4, -0.2) is 94.2 Å². The molecule has 58 heavy (non-hydrogen) atoms. The van der Waals surface area contributed by atoms with Gasteiger partial charge >= 0.3 is 11.9 Å². The number of ether oxygens (including phenoxy) is 4. The van der Waals surface area contributed by atoms with Crippen LogP contribution in [0.2, 0.25) is 10.0 Å². The molecule has 0 spiro atoms. The van der Waals surface area contributed by atoms with Gasteiger partial charge in [-0.25, -0.2) is 8.78 Å². The second-order valence-electron chi connectivity index (χ2n) is 13.9. The molecule has 2 aromatic heterocycles. The number of fused-ring (bicyclic) bond motifs is 2. The zero-order chi connectivity index (χ0) is 41.7. The molecule has 6 N–H and O–H groups in total. The number of aromatic nitrogens is 2. The average Bonchev–Trinajstić information content (AvgIpc) is 3.66. The van der Waals surface area contributed by atoms with Crippen molar-refractivity contribution in [3.63, 3.8) is 0 Å². The highest BCUT2D eigenvalue weighted by Crippen LogP contribution is 2.47. The summed E-state index contributed by atoms with van der Waals surface area (Å²) in [6, 6.07) is 13.9. The number of aliphatic hydroxyl groups is 2. The molecule has 2 aliphatic rings. The van der Waals surface area contributed by atoms with Gasteiger partial charge in [-0.3, -0.25) is 9.59 Å². The van der Waals surface area contributed by atoms with E-state index in [2.05, 4.69) is 20.6 Å². The lowest BCUT2D eigenvalue weighted by Crippen LogP contribution is -2.28. The van der Waals surface area contributed by atoms with Crippen LogP contribution in [0.25, 0.3) is 11.1 Å². The minimum Gasteiger partial charge on any atom is -0.481 e. The smallest absolute Gasteiger partial charge is 0.306 e. The molecule has 0 bridgehead atoms. The fraction of sp³-hybridized carbons (Fsp3) is 0.400. The molecule has 14 nitrogen and oxygen atoms in total. The first-order valence-corrected chi connectivity index (χ1v) is 19.1. The summed E-state index contributed by atoms with van der Waals surface area (Å²) in [7, 11) is 2.79. The Morgan fingerprint density at radius 2 is 1.12 bits per heavy atom. The number of carboxylic acid groups (broad SMARTS) is 2. The van der Waals surface area contributed by atoms with E-state index < -0.39 is 61.5 Å². The molecule has 2 aliphatic carbocycles. The van der Waals surface area contributed by atoms with Crippen LogP contribution in [0.1, 0.15) is 58.4 Å². The summed E-state index contributed by atoms with van der Waals surface area (Å²) in [5.74, 6) is -2.07. The number of aliphatic hydroxyl groups excluding tert-OH is 2. The van der Waals surface area contributed by atoms with Gasteiger partial charge in [0.1, 0.15) is 22.4 Å². The largest absolute Gasteiger partial charge is 0.481 e. The summed E-state index contributed by atoms with van der Waals surface area (Å²) in [5, 5.41) is 43.5. The van der Waals surface area contributed by atoms with E-state index in [0.717, 1.165) is 0 Å². The van der Waals surface area contributed by atoms with Gasteiger partial charge in [0.2, 0.25) is 23.5 Å². The number of methoxy groups -OCH3 is 2. The molecule has 0 amide bonds. The number of rotatable bonds is 19. The summed E-state index contributed by atoms with van der Waals surface area (Å²) < 4.78 is 55.0. The van der Waals surface area contributed by atoms with Crippen molar-refractivity contribution in [3.8, 4) is 34.6 Å². The zero-order valence-corrected chi connectivity index (χ0v) is 32.9. The predicted molar refractivity (Wildman–Crippen MR) is 207 cm³/mol. The third-order valence-electron chi connectivity index (χ3n) is 9.82. The zero-order valence-electron chi connectivity index (χ0n) is 31.4. The fourth-order valence-corrected chi connectivity index (χ4v) is 7.70. The number of nitrogens with zero attached hydrogens (tertiary/aromatic N) is 2. The molecule has 0 saturated carbocycles. The van der Waals surface area contributed by atoms with Crippen LogP contribution in [0.3, 0.4) is 0 Å². The van der Waals surface area contributed by atoms with Crippen molar-refractivity contribution in [2.75, 3.05) is 27.3 Å². The Balaban J connectivity index is 1.20. The number of halogens is 4. The van der Waals surface area contributed by atoms with E-state index in [4.69, 9.17) is 52.4 Å². The van der Waals surface area contributed by atoms with E-state index in [1.807, 2.05) is 12.1 Å². The van der Waals surface area contributed by atoms with E-state index in [1.54, 1.807) is 36.4 Å². The second kappa shape index (κ2) is 18.8. The van der Waals surface area contributed by atoms with E-state index in [-0.39, 0.29) is 72.6 Å². The first kappa shape index (κ1) is 42.8. The molecule has 4 aromatic rings. The van der Waals surface area contributed by atoms with Crippen LogP contribution in [0.5, 0.6) is 23.5 Å². The minimum atomic E-state index is -1.48. The second-order valence-corrected chi connectivity index (χ2v) is 14.7. The highest BCUT2D eigenvalue weighted by atomic mass is 35.5. The minimum absolute atomic E-state index is 0.00146. The maximum absolute atomic E-state index is 16.0. The Bertz CT molecular complexity index is 2000. The summed E-state index contributed by atoms with van der Waals surface area (Å²) in [5.41, 5.74) is 4.97. The number of pyridine rings is 2. The van der Waals surface area contributed by atoms with Crippen molar-refractivity contribution < 1.29 is 57.7 Å². The summed E-state index contributed by atoms with van der Waals surface area (Å²) in [6.07, 6.45) is -8.13. The van der Waals surface area contributed by atoms with Gasteiger partial charge in [0.15, 0.2) is 12.2 Å². The first-order chi connectivity index (χ1) is 27.8. The van der Waals surface area contributed by atoms with Crippen LogP contribution in [0.15, 0.2) is 48.5 Å². The Morgan fingerprint density at radius 3 is 1.48 bits per heavy atom. The molecule has 0 unspecified atom stereocenters. The summed E-state index contributed by atoms with van der Waals surface area (Å²) >= 11 is 13.1. The van der Waals surface area contributed by atoms with Crippen molar-refractivity contribution in [2.24, 2.45) is 0 Å². The van der Waals surface area contributed by atoms with Crippen LogP contribution in [-0.2, 0) is 35.5 Å². The molecule has 0 radical (unpaired) electrons. The monoisotopic (exact) mass is 846 g/mol. The lowest BCUT2D eigenvalue weighted by Gasteiger charge is -2.20. The van der Waals surface area contributed by atoms with E-state index >= 15 is 8.78 Å². The number of nitrogens with one attached hydrogen (secondary N) is 2. The molecular formula is C40H42Cl2F2N4O10. The lowest BCUT2D eigenvalue weighted by molar-refractivity contribution is -0.140. The van der Waals surface area contributed by atoms with Gasteiger partial charge in [-0.05, 0) is 45.5 Å². The number of carboxylic acids is 2. The third-order valence-corrected chi connectivity index (χ3v) is 10.4. The third kappa shape index (κ3) is 9.71. The molecular weight excluding hydrogens is 805 g/mol. The summed E-state index contributed by atoms with van der Waals surface area (Å²) in [6.45, 7) is 0.297. The van der Waals surface area contributed by atoms with E-state index in [9.17, 15) is 19.8 Å². The van der Waals surface area contributed by atoms with E-state index in [0.29, 0.717) is 44.5 Å². The normalized spacial score (nSPS) is 19.2. The molecule has 0 fully saturated rings. The summed E-state index contributed by atoms with van der Waals surface area (Å²) in [4.78, 5) is 30.5. The Kier molecular flexibility index (Phi) is 13.9. The van der Waals surface area contributed by atoms with Gasteiger partial charge < -0.3 is 50.0 Å². The number of aliphatic carboxylic acids is 2. The quantitative estimate of drug-likeness (QED) is 0.0706. The van der Waals surface area contributed by atoms with Gasteiger partial charge in [0.25, 0.3) is 0 Å². The van der Waals surface area contributed by atoms with E-state index in [1.165, 1.54) is 14.2 Å². The van der Waals surface area contributed by atoms with Crippen molar-refractivity contribution >= 4 is 35.1 Å².